The molecule has 2 N–H and O–H groups in total. The fraction of sp³-hybridized carbons (Fsp3) is 0.263. The van der Waals surface area contributed by atoms with E-state index < -0.39 is 17.7 Å². The molecule has 0 spiro atoms. The molecule has 1 aromatic carbocycles. The number of carboxylic acid groups (broad SMARTS) is 1. The lowest BCUT2D eigenvalue weighted by Gasteiger charge is -2.08. The molecule has 0 saturated carbocycles. The Morgan fingerprint density at radius 2 is 2.03 bits per heavy atom. The molecule has 2 aromatic heterocycles. The fourth-order valence-electron chi connectivity index (χ4n) is 2.69. The van der Waals surface area contributed by atoms with Crippen LogP contribution in [0.5, 0.6) is 5.75 Å². The van der Waals surface area contributed by atoms with Crippen LogP contribution in [0.3, 0.4) is 0 Å². The number of carbonyl (C=O) groups is 2. The lowest BCUT2D eigenvalue weighted by molar-refractivity contribution is -0.137. The number of hydrogen-bond acceptors (Lipinski definition) is 5. The summed E-state index contributed by atoms with van der Waals surface area (Å²) in [7, 11) is 0. The molecular formula is C19H20FN5O4. The van der Waals surface area contributed by atoms with E-state index in [1.165, 1.54) is 22.9 Å². The molecule has 3 rings (SSSR count). The Morgan fingerprint density at radius 3 is 2.76 bits per heavy atom. The Balaban J connectivity index is 1.66. The Labute approximate surface area is 165 Å². The van der Waals surface area contributed by atoms with Gasteiger partial charge in [-0.15, -0.1) is 0 Å². The predicted molar refractivity (Wildman–Crippen MR) is 101 cm³/mol. The van der Waals surface area contributed by atoms with Crippen molar-refractivity contribution in [2.75, 3.05) is 5.32 Å². The minimum atomic E-state index is -0.939. The van der Waals surface area contributed by atoms with Crippen LogP contribution < -0.4 is 10.1 Å². The molecule has 0 aliphatic heterocycles. The van der Waals surface area contributed by atoms with Crippen molar-refractivity contribution >= 4 is 17.6 Å². The maximum absolute atomic E-state index is 13.2. The molecule has 0 radical (unpaired) electrons. The second-order valence-electron chi connectivity index (χ2n) is 6.34. The molecular weight excluding hydrogens is 381 g/mol. The van der Waals surface area contributed by atoms with E-state index >= 15 is 0 Å². The Hall–Kier alpha value is -3.69. The van der Waals surface area contributed by atoms with Gasteiger partial charge < -0.3 is 15.2 Å². The van der Waals surface area contributed by atoms with E-state index in [0.717, 1.165) is 0 Å². The molecule has 0 atom stereocenters. The number of anilines is 1. The van der Waals surface area contributed by atoms with Crippen molar-refractivity contribution in [3.63, 3.8) is 0 Å². The lowest BCUT2D eigenvalue weighted by atomic mass is 10.3. The molecule has 2 heterocycles. The third-order valence-corrected chi connectivity index (χ3v) is 4.20. The minimum Gasteiger partial charge on any atom is -0.481 e. The Bertz CT molecular complexity index is 1040. The van der Waals surface area contributed by atoms with Gasteiger partial charge in [0.15, 0.2) is 12.4 Å². The summed E-state index contributed by atoms with van der Waals surface area (Å²) in [6.45, 7) is 3.74. The SMILES string of the molecule is Cc1nn(COc2cccc(F)c2)c(C)c1NC(=O)c1ccn(CCC(=O)O)n1. The first-order chi connectivity index (χ1) is 13.8. The Morgan fingerprint density at radius 1 is 1.24 bits per heavy atom. The zero-order chi connectivity index (χ0) is 21.0. The number of hydrogen-bond donors (Lipinski definition) is 2. The number of rotatable bonds is 8. The van der Waals surface area contributed by atoms with Gasteiger partial charge in [0.2, 0.25) is 0 Å². The summed E-state index contributed by atoms with van der Waals surface area (Å²) < 4.78 is 21.8. The van der Waals surface area contributed by atoms with E-state index in [-0.39, 0.29) is 25.4 Å². The number of aromatic nitrogens is 4. The molecule has 1 amide bonds. The number of nitrogens with zero attached hydrogens (tertiary/aromatic N) is 4. The summed E-state index contributed by atoms with van der Waals surface area (Å²) in [6, 6.07) is 7.30. The summed E-state index contributed by atoms with van der Waals surface area (Å²) in [5, 5.41) is 19.9. The van der Waals surface area contributed by atoms with Crippen molar-refractivity contribution in [2.45, 2.75) is 33.5 Å². The molecule has 3 aromatic rings. The molecule has 0 aliphatic carbocycles. The summed E-state index contributed by atoms with van der Waals surface area (Å²) in [5.74, 6) is -1.40. The van der Waals surface area contributed by atoms with Crippen molar-refractivity contribution < 1.29 is 23.8 Å². The molecule has 0 unspecified atom stereocenters. The predicted octanol–water partition coefficient (Wildman–Crippen LogP) is 2.60. The van der Waals surface area contributed by atoms with Crippen LogP contribution in [-0.4, -0.2) is 36.5 Å². The third kappa shape index (κ3) is 4.98. The van der Waals surface area contributed by atoms with E-state index in [0.29, 0.717) is 22.8 Å². The fourth-order valence-corrected chi connectivity index (χ4v) is 2.69. The van der Waals surface area contributed by atoms with Crippen LogP contribution in [0.2, 0.25) is 0 Å². The van der Waals surface area contributed by atoms with Crippen molar-refractivity contribution in [2.24, 2.45) is 0 Å². The highest BCUT2D eigenvalue weighted by molar-refractivity contribution is 6.03. The van der Waals surface area contributed by atoms with Crippen molar-refractivity contribution in [1.29, 1.82) is 0 Å². The highest BCUT2D eigenvalue weighted by Crippen LogP contribution is 2.21. The first kappa shape index (κ1) is 20.1. The maximum atomic E-state index is 13.2. The van der Waals surface area contributed by atoms with E-state index in [4.69, 9.17) is 9.84 Å². The van der Waals surface area contributed by atoms with E-state index in [2.05, 4.69) is 15.5 Å². The third-order valence-electron chi connectivity index (χ3n) is 4.20. The van der Waals surface area contributed by atoms with Gasteiger partial charge in [-0.05, 0) is 32.0 Å². The van der Waals surface area contributed by atoms with Gasteiger partial charge in [-0.1, -0.05) is 6.07 Å². The number of carboxylic acids is 1. The van der Waals surface area contributed by atoms with Gasteiger partial charge in [0.1, 0.15) is 11.6 Å². The highest BCUT2D eigenvalue weighted by Gasteiger charge is 2.17. The largest absolute Gasteiger partial charge is 0.481 e. The van der Waals surface area contributed by atoms with Gasteiger partial charge in [0, 0.05) is 12.3 Å². The number of aliphatic carboxylic acids is 1. The van der Waals surface area contributed by atoms with Gasteiger partial charge in [-0.2, -0.15) is 10.2 Å². The highest BCUT2D eigenvalue weighted by atomic mass is 19.1. The van der Waals surface area contributed by atoms with Crippen LogP contribution in [0.4, 0.5) is 10.1 Å². The summed E-state index contributed by atoms with van der Waals surface area (Å²) in [6.07, 6.45) is 1.47. The van der Waals surface area contributed by atoms with Gasteiger partial charge >= 0.3 is 5.97 Å². The van der Waals surface area contributed by atoms with E-state index in [9.17, 15) is 14.0 Å². The van der Waals surface area contributed by atoms with Crippen molar-refractivity contribution in [1.82, 2.24) is 19.6 Å². The molecule has 29 heavy (non-hydrogen) atoms. The molecule has 0 aliphatic rings. The monoisotopic (exact) mass is 401 g/mol. The Kier molecular flexibility index (Phi) is 5.91. The van der Waals surface area contributed by atoms with Crippen LogP contribution in [0.25, 0.3) is 0 Å². The minimum absolute atomic E-state index is 0.0514. The maximum Gasteiger partial charge on any atom is 0.305 e. The summed E-state index contributed by atoms with van der Waals surface area (Å²) in [4.78, 5) is 23.1. The zero-order valence-corrected chi connectivity index (χ0v) is 15.9. The summed E-state index contributed by atoms with van der Waals surface area (Å²) in [5.41, 5.74) is 1.94. The average molecular weight is 401 g/mol. The second-order valence-corrected chi connectivity index (χ2v) is 6.34. The standard InChI is InChI=1S/C19H20FN5O4/c1-12-18(21-19(28)16-6-8-24(23-16)9-7-17(26)27)13(2)25(22-12)11-29-15-5-3-4-14(20)10-15/h3-6,8,10H,7,9,11H2,1-2H3,(H,21,28)(H,26,27). The first-order valence-electron chi connectivity index (χ1n) is 8.82. The number of carbonyl (C=O) groups excluding carboxylic acids is 1. The average Bonchev–Trinajstić information content (AvgIpc) is 3.25. The van der Waals surface area contributed by atoms with E-state index in [1.54, 1.807) is 36.9 Å². The first-order valence-corrected chi connectivity index (χ1v) is 8.82. The van der Waals surface area contributed by atoms with Gasteiger partial charge in [0.05, 0.1) is 30.0 Å². The van der Waals surface area contributed by atoms with Gasteiger partial charge in [0.25, 0.3) is 5.91 Å². The number of aryl methyl sites for hydroxylation is 2. The number of ether oxygens (including phenoxy) is 1. The molecule has 0 bridgehead atoms. The quantitative estimate of drug-likeness (QED) is 0.600. The summed E-state index contributed by atoms with van der Waals surface area (Å²) >= 11 is 0. The zero-order valence-electron chi connectivity index (χ0n) is 15.9. The molecule has 0 saturated heterocycles. The topological polar surface area (TPSA) is 111 Å². The number of nitrogens with one attached hydrogen (secondary N) is 1. The van der Waals surface area contributed by atoms with Crippen LogP contribution in [-0.2, 0) is 18.1 Å². The second kappa shape index (κ2) is 8.55. The van der Waals surface area contributed by atoms with Crippen LogP contribution in [0, 0.1) is 19.7 Å². The molecule has 152 valence electrons. The number of benzene rings is 1. The van der Waals surface area contributed by atoms with Gasteiger partial charge in [-0.25, -0.2) is 9.07 Å². The molecule has 0 fully saturated rings. The van der Waals surface area contributed by atoms with Crippen LogP contribution in [0.15, 0.2) is 36.5 Å². The van der Waals surface area contributed by atoms with Crippen molar-refractivity contribution in [3.8, 4) is 5.75 Å². The normalized spacial score (nSPS) is 10.7. The molecule has 10 heteroatoms. The smallest absolute Gasteiger partial charge is 0.305 e. The lowest BCUT2D eigenvalue weighted by Crippen LogP contribution is -2.15. The number of halogens is 1. The van der Waals surface area contributed by atoms with E-state index in [1.807, 2.05) is 0 Å². The number of amides is 1. The van der Waals surface area contributed by atoms with Crippen LogP contribution >= 0.6 is 0 Å². The van der Waals surface area contributed by atoms with Gasteiger partial charge in [-0.3, -0.25) is 14.3 Å². The molecule has 9 nitrogen and oxygen atoms in total. The van der Waals surface area contributed by atoms with Crippen molar-refractivity contribution in [3.05, 3.63) is 59.4 Å². The van der Waals surface area contributed by atoms with Crippen LogP contribution in [0.1, 0.15) is 28.3 Å².